The maximum Gasteiger partial charge on any atom is 0.0640 e. The molecule has 3 nitrogen and oxygen atoms in total. The summed E-state index contributed by atoms with van der Waals surface area (Å²) in [6, 6.07) is 4.22. The minimum atomic E-state index is 0.310. The van der Waals surface area contributed by atoms with Gasteiger partial charge in [0.2, 0.25) is 0 Å². The number of aryl methyl sites for hydroxylation is 1. The van der Waals surface area contributed by atoms with Crippen LogP contribution in [0.15, 0.2) is 12.1 Å². The van der Waals surface area contributed by atoms with Crippen molar-refractivity contribution in [1.82, 2.24) is 14.7 Å². The highest BCUT2D eigenvalue weighted by Gasteiger charge is 2.40. The van der Waals surface area contributed by atoms with Gasteiger partial charge in [-0.05, 0) is 77.6 Å². The molecule has 5 heteroatoms. The van der Waals surface area contributed by atoms with Crippen LogP contribution in [0, 0.1) is 6.92 Å². The Morgan fingerprint density at radius 1 is 1.00 bits per heavy atom. The number of benzene rings is 1. The average Bonchev–Trinajstić information content (AvgIpc) is 2.71. The van der Waals surface area contributed by atoms with Crippen molar-refractivity contribution in [3.05, 3.63) is 33.3 Å². The van der Waals surface area contributed by atoms with Crippen LogP contribution in [0.5, 0.6) is 0 Å². The van der Waals surface area contributed by atoms with Crippen molar-refractivity contribution in [2.45, 2.75) is 38.3 Å². The molecule has 2 fully saturated rings. The lowest BCUT2D eigenvalue weighted by molar-refractivity contribution is 0.0337. The van der Waals surface area contributed by atoms with Gasteiger partial charge in [-0.2, -0.15) is 0 Å². The van der Waals surface area contributed by atoms with Gasteiger partial charge < -0.3 is 4.90 Å². The molecule has 0 bridgehead atoms. The highest BCUT2D eigenvalue weighted by Crippen LogP contribution is 2.33. The number of piperidine rings is 1. The standard InChI is InChI=1S/C19H29Cl2N3/c1-15-5-6-16(18(21)17(15)20)13-24-10-4-9-23(3)19(14-24)7-11-22(2)12-8-19/h5-6H,4,7-14H2,1-3H3. The smallest absolute Gasteiger partial charge is 0.0640 e. The van der Waals surface area contributed by atoms with Crippen LogP contribution >= 0.6 is 23.2 Å². The molecule has 3 rings (SSSR count). The van der Waals surface area contributed by atoms with Crippen LogP contribution in [0.25, 0.3) is 0 Å². The molecular weight excluding hydrogens is 341 g/mol. The first kappa shape index (κ1) is 18.5. The summed E-state index contributed by atoms with van der Waals surface area (Å²) in [7, 11) is 4.54. The molecule has 1 spiro atoms. The Hall–Kier alpha value is -0.320. The van der Waals surface area contributed by atoms with E-state index in [4.69, 9.17) is 23.2 Å². The van der Waals surface area contributed by atoms with E-state index in [0.717, 1.165) is 35.8 Å². The fourth-order valence-electron chi connectivity index (χ4n) is 4.14. The highest BCUT2D eigenvalue weighted by atomic mass is 35.5. The summed E-state index contributed by atoms with van der Waals surface area (Å²) >= 11 is 12.9. The van der Waals surface area contributed by atoms with Crippen molar-refractivity contribution in [3.8, 4) is 0 Å². The first-order chi connectivity index (χ1) is 11.4. The Bertz CT molecular complexity index is 582. The van der Waals surface area contributed by atoms with Gasteiger partial charge in [-0.1, -0.05) is 35.3 Å². The average molecular weight is 370 g/mol. The molecule has 24 heavy (non-hydrogen) atoms. The molecule has 1 aromatic carbocycles. The van der Waals surface area contributed by atoms with Gasteiger partial charge in [-0.15, -0.1) is 0 Å². The van der Waals surface area contributed by atoms with Gasteiger partial charge in [-0.3, -0.25) is 9.80 Å². The van der Waals surface area contributed by atoms with Crippen LogP contribution in [-0.4, -0.2) is 67.1 Å². The highest BCUT2D eigenvalue weighted by molar-refractivity contribution is 6.42. The molecule has 0 aliphatic carbocycles. The number of halogens is 2. The van der Waals surface area contributed by atoms with E-state index < -0.39 is 0 Å². The number of likely N-dealkylation sites (tertiary alicyclic amines) is 1. The van der Waals surface area contributed by atoms with E-state index in [1.807, 2.05) is 6.92 Å². The van der Waals surface area contributed by atoms with Gasteiger partial charge in [0.25, 0.3) is 0 Å². The van der Waals surface area contributed by atoms with Crippen LogP contribution < -0.4 is 0 Å². The molecule has 0 amide bonds. The minimum absolute atomic E-state index is 0.310. The Kier molecular flexibility index (Phi) is 5.78. The molecule has 1 aromatic rings. The second-order valence-electron chi connectivity index (χ2n) is 7.68. The first-order valence-electron chi connectivity index (χ1n) is 8.97. The summed E-state index contributed by atoms with van der Waals surface area (Å²) in [5.41, 5.74) is 2.51. The van der Waals surface area contributed by atoms with Crippen molar-refractivity contribution < 1.29 is 0 Å². The Labute approximate surface area is 156 Å². The lowest BCUT2D eigenvalue weighted by atomic mass is 9.85. The van der Waals surface area contributed by atoms with Crippen molar-refractivity contribution in [2.75, 3.05) is 46.8 Å². The molecule has 2 heterocycles. The third-order valence-corrected chi connectivity index (χ3v) is 6.98. The molecule has 0 aromatic heterocycles. The molecule has 0 atom stereocenters. The lowest BCUT2D eigenvalue weighted by Crippen LogP contribution is -2.57. The molecule has 2 saturated heterocycles. The van der Waals surface area contributed by atoms with Crippen LogP contribution in [0.2, 0.25) is 10.0 Å². The van der Waals surface area contributed by atoms with Gasteiger partial charge in [-0.25, -0.2) is 0 Å². The number of hydrogen-bond acceptors (Lipinski definition) is 3. The Morgan fingerprint density at radius 3 is 2.42 bits per heavy atom. The largest absolute Gasteiger partial charge is 0.306 e. The topological polar surface area (TPSA) is 9.72 Å². The van der Waals surface area contributed by atoms with Gasteiger partial charge >= 0.3 is 0 Å². The third kappa shape index (κ3) is 3.76. The molecule has 134 valence electrons. The van der Waals surface area contributed by atoms with E-state index in [2.05, 4.69) is 40.9 Å². The maximum atomic E-state index is 6.51. The molecule has 0 unspecified atom stereocenters. The van der Waals surface area contributed by atoms with Gasteiger partial charge in [0.05, 0.1) is 10.0 Å². The summed E-state index contributed by atoms with van der Waals surface area (Å²) in [6.45, 7) is 8.72. The lowest BCUT2D eigenvalue weighted by Gasteiger charge is -2.47. The van der Waals surface area contributed by atoms with Crippen molar-refractivity contribution >= 4 is 23.2 Å². The summed E-state index contributed by atoms with van der Waals surface area (Å²) < 4.78 is 0. The quantitative estimate of drug-likeness (QED) is 0.782. The normalized spacial score (nSPS) is 23.5. The fourth-order valence-corrected chi connectivity index (χ4v) is 4.60. The molecule has 2 aliphatic heterocycles. The molecule has 2 aliphatic rings. The Morgan fingerprint density at radius 2 is 1.71 bits per heavy atom. The molecule has 0 N–H and O–H groups in total. The second-order valence-corrected chi connectivity index (χ2v) is 8.44. The second kappa shape index (κ2) is 7.51. The Balaban J connectivity index is 1.77. The van der Waals surface area contributed by atoms with E-state index in [-0.39, 0.29) is 0 Å². The fraction of sp³-hybridized carbons (Fsp3) is 0.684. The minimum Gasteiger partial charge on any atom is -0.306 e. The summed E-state index contributed by atoms with van der Waals surface area (Å²) in [4.78, 5) is 7.65. The first-order valence-corrected chi connectivity index (χ1v) is 9.72. The monoisotopic (exact) mass is 369 g/mol. The van der Waals surface area contributed by atoms with Crippen LogP contribution in [-0.2, 0) is 6.54 Å². The van der Waals surface area contributed by atoms with Gasteiger partial charge in [0.15, 0.2) is 0 Å². The number of nitrogens with zero attached hydrogens (tertiary/aromatic N) is 3. The number of likely N-dealkylation sites (N-methyl/N-ethyl adjacent to an activating group) is 1. The van der Waals surface area contributed by atoms with Crippen molar-refractivity contribution in [2.24, 2.45) is 0 Å². The van der Waals surface area contributed by atoms with E-state index in [1.165, 1.54) is 38.9 Å². The zero-order valence-electron chi connectivity index (χ0n) is 15.1. The zero-order valence-corrected chi connectivity index (χ0v) is 16.6. The van der Waals surface area contributed by atoms with E-state index in [1.54, 1.807) is 0 Å². The molecule has 0 radical (unpaired) electrons. The van der Waals surface area contributed by atoms with Crippen molar-refractivity contribution in [3.63, 3.8) is 0 Å². The summed E-state index contributed by atoms with van der Waals surface area (Å²) in [6.07, 6.45) is 3.71. The number of rotatable bonds is 2. The SMILES string of the molecule is Cc1ccc(CN2CCCN(C)C3(CCN(C)CC3)C2)c(Cl)c1Cl. The van der Waals surface area contributed by atoms with Crippen LogP contribution in [0.4, 0.5) is 0 Å². The van der Waals surface area contributed by atoms with Gasteiger partial charge in [0.1, 0.15) is 0 Å². The maximum absolute atomic E-state index is 6.51. The van der Waals surface area contributed by atoms with Crippen LogP contribution in [0.3, 0.4) is 0 Å². The van der Waals surface area contributed by atoms with E-state index in [0.29, 0.717) is 10.6 Å². The van der Waals surface area contributed by atoms with E-state index in [9.17, 15) is 0 Å². The molecular formula is C19H29Cl2N3. The van der Waals surface area contributed by atoms with Crippen LogP contribution in [0.1, 0.15) is 30.4 Å². The third-order valence-electron chi connectivity index (χ3n) is 5.96. The summed E-state index contributed by atoms with van der Waals surface area (Å²) in [5, 5.41) is 1.43. The predicted molar refractivity (Wildman–Crippen MR) is 103 cm³/mol. The predicted octanol–water partition coefficient (Wildman–Crippen LogP) is 3.90. The molecule has 0 saturated carbocycles. The van der Waals surface area contributed by atoms with Crippen molar-refractivity contribution in [1.29, 1.82) is 0 Å². The van der Waals surface area contributed by atoms with Gasteiger partial charge in [0, 0.05) is 18.6 Å². The number of hydrogen-bond donors (Lipinski definition) is 0. The summed E-state index contributed by atoms with van der Waals surface area (Å²) in [5.74, 6) is 0. The van der Waals surface area contributed by atoms with E-state index >= 15 is 0 Å². The zero-order chi connectivity index (χ0) is 17.3.